The highest BCUT2D eigenvalue weighted by atomic mass is 32.2. The van der Waals surface area contributed by atoms with Gasteiger partial charge in [-0.15, -0.1) is 11.3 Å². The third-order valence-electron chi connectivity index (χ3n) is 5.67. The molecule has 11 heteroatoms. The van der Waals surface area contributed by atoms with Crippen LogP contribution in [-0.4, -0.2) is 51.9 Å². The Bertz CT molecular complexity index is 1350. The van der Waals surface area contributed by atoms with E-state index in [9.17, 15) is 22.4 Å². The summed E-state index contributed by atoms with van der Waals surface area (Å²) >= 11 is 1.29. The van der Waals surface area contributed by atoms with Crippen LogP contribution < -0.4 is 10.1 Å². The van der Waals surface area contributed by atoms with Crippen molar-refractivity contribution >= 4 is 49.0 Å². The molecular formula is C23H23FN2O6S2. The van der Waals surface area contributed by atoms with Crippen LogP contribution in [0.3, 0.4) is 0 Å². The van der Waals surface area contributed by atoms with E-state index in [-0.39, 0.29) is 29.6 Å². The largest absolute Gasteiger partial charge is 0.495 e. The van der Waals surface area contributed by atoms with E-state index in [2.05, 4.69) is 5.32 Å². The predicted molar refractivity (Wildman–Crippen MR) is 126 cm³/mol. The highest BCUT2D eigenvalue weighted by molar-refractivity contribution is 7.89. The third-order valence-corrected chi connectivity index (χ3v) is 8.65. The standard InChI is InChI=1S/C23H23FN2O6S2/c1-31-18-7-5-16(24)12-21(18)34(29,30)26-9-3-4-14(13-26)22(27)25-17-6-8-19-15(10-17)11-20(33-19)23(28)32-2/h5-8,10-12,14H,3-4,9,13H2,1-2H3,(H,25,27)/t14-/m0/s1. The number of fused-ring (bicyclic) bond motifs is 1. The van der Waals surface area contributed by atoms with Crippen LogP contribution in [0.1, 0.15) is 22.5 Å². The number of hydrogen-bond acceptors (Lipinski definition) is 7. The van der Waals surface area contributed by atoms with Crippen molar-refractivity contribution in [1.29, 1.82) is 0 Å². The van der Waals surface area contributed by atoms with Crippen LogP contribution in [0.5, 0.6) is 5.75 Å². The van der Waals surface area contributed by atoms with Gasteiger partial charge < -0.3 is 14.8 Å². The maximum Gasteiger partial charge on any atom is 0.348 e. The smallest absolute Gasteiger partial charge is 0.348 e. The van der Waals surface area contributed by atoms with Crippen molar-refractivity contribution in [3.05, 3.63) is 53.2 Å². The van der Waals surface area contributed by atoms with E-state index in [1.165, 1.54) is 35.9 Å². The van der Waals surface area contributed by atoms with Crippen LogP contribution in [0.2, 0.25) is 0 Å². The van der Waals surface area contributed by atoms with Gasteiger partial charge in [0.15, 0.2) is 0 Å². The fourth-order valence-corrected chi connectivity index (χ4v) is 6.58. The summed E-state index contributed by atoms with van der Waals surface area (Å²) < 4.78 is 52.1. The molecule has 0 spiro atoms. The van der Waals surface area contributed by atoms with Gasteiger partial charge in [-0.05, 0) is 60.7 Å². The Morgan fingerprint density at radius 2 is 1.94 bits per heavy atom. The number of benzene rings is 2. The van der Waals surface area contributed by atoms with Gasteiger partial charge in [0, 0.05) is 23.5 Å². The number of rotatable bonds is 6. The minimum Gasteiger partial charge on any atom is -0.495 e. The van der Waals surface area contributed by atoms with E-state index in [4.69, 9.17) is 9.47 Å². The van der Waals surface area contributed by atoms with Gasteiger partial charge in [0.25, 0.3) is 0 Å². The van der Waals surface area contributed by atoms with Crippen LogP contribution in [0.15, 0.2) is 47.4 Å². The van der Waals surface area contributed by atoms with E-state index >= 15 is 0 Å². The second kappa shape index (κ2) is 9.69. The summed E-state index contributed by atoms with van der Waals surface area (Å²) in [6.45, 7) is 0.198. The molecule has 34 heavy (non-hydrogen) atoms. The van der Waals surface area contributed by atoms with Crippen molar-refractivity contribution in [2.45, 2.75) is 17.7 Å². The van der Waals surface area contributed by atoms with Crippen LogP contribution in [-0.2, 0) is 19.6 Å². The van der Waals surface area contributed by atoms with Crippen molar-refractivity contribution in [2.75, 3.05) is 32.6 Å². The molecule has 1 fully saturated rings. The number of carbonyl (C=O) groups is 2. The maximum absolute atomic E-state index is 13.8. The Morgan fingerprint density at radius 1 is 1.15 bits per heavy atom. The highest BCUT2D eigenvalue weighted by Crippen LogP contribution is 2.32. The molecule has 0 radical (unpaired) electrons. The number of halogens is 1. The average molecular weight is 507 g/mol. The van der Waals surface area contributed by atoms with E-state index in [0.717, 1.165) is 22.2 Å². The first-order chi connectivity index (χ1) is 16.2. The molecule has 3 aromatic rings. The molecule has 1 aliphatic heterocycles. The molecule has 1 aliphatic rings. The second-order valence-electron chi connectivity index (χ2n) is 7.84. The molecule has 1 N–H and O–H groups in total. The number of piperidine rings is 1. The summed E-state index contributed by atoms with van der Waals surface area (Å²) in [7, 11) is -1.42. The number of nitrogens with one attached hydrogen (secondary N) is 1. The zero-order valence-corrected chi connectivity index (χ0v) is 20.2. The summed E-state index contributed by atoms with van der Waals surface area (Å²) in [5.41, 5.74) is 0.540. The van der Waals surface area contributed by atoms with Gasteiger partial charge in [-0.2, -0.15) is 4.31 Å². The fraction of sp³-hybridized carbons (Fsp3) is 0.304. The van der Waals surface area contributed by atoms with Gasteiger partial charge in [0.05, 0.1) is 20.1 Å². The lowest BCUT2D eigenvalue weighted by molar-refractivity contribution is -0.120. The summed E-state index contributed by atoms with van der Waals surface area (Å²) in [5.74, 6) is -1.96. The Morgan fingerprint density at radius 3 is 2.68 bits per heavy atom. The average Bonchev–Trinajstić information content (AvgIpc) is 3.27. The number of anilines is 1. The molecule has 0 aliphatic carbocycles. The third kappa shape index (κ3) is 4.77. The minimum atomic E-state index is -4.06. The van der Waals surface area contributed by atoms with Gasteiger partial charge in [-0.25, -0.2) is 17.6 Å². The van der Waals surface area contributed by atoms with Crippen molar-refractivity contribution in [1.82, 2.24) is 4.31 Å². The Hall–Kier alpha value is -3.02. The summed E-state index contributed by atoms with van der Waals surface area (Å²) in [4.78, 5) is 24.9. The number of sulfonamides is 1. The van der Waals surface area contributed by atoms with Crippen molar-refractivity contribution in [3.63, 3.8) is 0 Å². The van der Waals surface area contributed by atoms with Crippen molar-refractivity contribution in [3.8, 4) is 5.75 Å². The molecule has 1 saturated heterocycles. The first-order valence-electron chi connectivity index (χ1n) is 10.5. The molecule has 180 valence electrons. The van der Waals surface area contributed by atoms with E-state index in [1.54, 1.807) is 24.3 Å². The lowest BCUT2D eigenvalue weighted by Gasteiger charge is -2.31. The molecular weight excluding hydrogens is 483 g/mol. The zero-order chi connectivity index (χ0) is 24.5. The SMILES string of the molecule is COC(=O)c1cc2cc(NC(=O)[C@H]3CCCN(S(=O)(=O)c4cc(F)ccc4OC)C3)ccc2s1. The zero-order valence-electron chi connectivity index (χ0n) is 18.5. The fourth-order valence-electron chi connectivity index (χ4n) is 3.93. The van der Waals surface area contributed by atoms with Crippen LogP contribution in [0.4, 0.5) is 10.1 Å². The number of thiophene rings is 1. The number of esters is 1. The molecule has 2 heterocycles. The lowest BCUT2D eigenvalue weighted by Crippen LogP contribution is -2.43. The minimum absolute atomic E-state index is 0.0268. The molecule has 2 aromatic carbocycles. The molecule has 0 bridgehead atoms. The molecule has 1 atom stereocenters. The van der Waals surface area contributed by atoms with Gasteiger partial charge >= 0.3 is 5.97 Å². The van der Waals surface area contributed by atoms with Gasteiger partial charge in [0.1, 0.15) is 21.3 Å². The molecule has 4 rings (SSSR count). The molecule has 0 saturated carbocycles. The lowest BCUT2D eigenvalue weighted by atomic mass is 9.98. The summed E-state index contributed by atoms with van der Waals surface area (Å²) in [6, 6.07) is 10.3. The number of amides is 1. The van der Waals surface area contributed by atoms with Crippen LogP contribution in [0, 0.1) is 11.7 Å². The van der Waals surface area contributed by atoms with Crippen LogP contribution >= 0.6 is 11.3 Å². The van der Waals surface area contributed by atoms with Gasteiger partial charge in [-0.3, -0.25) is 4.79 Å². The maximum atomic E-state index is 13.8. The Kier molecular flexibility index (Phi) is 6.87. The Labute approximate surface area is 200 Å². The van der Waals surface area contributed by atoms with Crippen molar-refractivity contribution in [2.24, 2.45) is 5.92 Å². The van der Waals surface area contributed by atoms with E-state index in [0.29, 0.717) is 23.4 Å². The second-order valence-corrected chi connectivity index (χ2v) is 10.8. The molecule has 0 unspecified atom stereocenters. The predicted octanol–water partition coefficient (Wildman–Crippen LogP) is 3.88. The number of ether oxygens (including phenoxy) is 2. The quantitative estimate of drug-likeness (QED) is 0.509. The first-order valence-corrected chi connectivity index (χ1v) is 12.7. The topological polar surface area (TPSA) is 102 Å². The Balaban J connectivity index is 1.50. The van der Waals surface area contributed by atoms with Crippen molar-refractivity contribution < 1.29 is 31.9 Å². The first kappa shape index (κ1) is 24.1. The molecule has 8 nitrogen and oxygen atoms in total. The number of carbonyl (C=O) groups excluding carboxylic acids is 2. The van der Waals surface area contributed by atoms with Gasteiger partial charge in [0.2, 0.25) is 15.9 Å². The van der Waals surface area contributed by atoms with E-state index in [1.807, 2.05) is 0 Å². The monoisotopic (exact) mass is 506 g/mol. The summed E-state index contributed by atoms with van der Waals surface area (Å²) in [6.07, 6.45) is 1.01. The molecule has 1 amide bonds. The van der Waals surface area contributed by atoms with E-state index < -0.39 is 27.7 Å². The van der Waals surface area contributed by atoms with Gasteiger partial charge in [-0.1, -0.05) is 0 Å². The highest BCUT2D eigenvalue weighted by Gasteiger charge is 2.35. The number of hydrogen-bond donors (Lipinski definition) is 1. The summed E-state index contributed by atoms with van der Waals surface area (Å²) in [5, 5.41) is 3.63. The normalized spacial score (nSPS) is 16.9. The number of nitrogens with zero attached hydrogens (tertiary/aromatic N) is 1. The van der Waals surface area contributed by atoms with Crippen LogP contribution in [0.25, 0.3) is 10.1 Å². The number of methoxy groups -OCH3 is 2. The molecule has 1 aromatic heterocycles.